The van der Waals surface area contributed by atoms with Crippen LogP contribution in [0.3, 0.4) is 0 Å². The molecule has 0 saturated carbocycles. The summed E-state index contributed by atoms with van der Waals surface area (Å²) in [6.45, 7) is 0.599. The van der Waals surface area contributed by atoms with Crippen LogP contribution in [-0.4, -0.2) is 35.7 Å². The van der Waals surface area contributed by atoms with Gasteiger partial charge in [-0.2, -0.15) is 0 Å². The van der Waals surface area contributed by atoms with Crippen molar-refractivity contribution in [3.63, 3.8) is 0 Å². The van der Waals surface area contributed by atoms with Crippen molar-refractivity contribution >= 4 is 12.3 Å². The van der Waals surface area contributed by atoms with Gasteiger partial charge in [-0.15, -0.1) is 0 Å². The first-order valence-electron chi connectivity index (χ1n) is 7.34. The quantitative estimate of drug-likeness (QED) is 0.388. The molecule has 0 aromatic carbocycles. The van der Waals surface area contributed by atoms with Gasteiger partial charge in [0.15, 0.2) is 0 Å². The summed E-state index contributed by atoms with van der Waals surface area (Å²) in [5, 5.41) is 16.5. The van der Waals surface area contributed by atoms with E-state index in [1.165, 1.54) is 25.7 Å². The van der Waals surface area contributed by atoms with E-state index < -0.39 is 12.3 Å². The Hall–Kier alpha value is -1.46. The van der Waals surface area contributed by atoms with Crippen LogP contribution in [0.25, 0.3) is 0 Å². The van der Waals surface area contributed by atoms with Crippen LogP contribution in [0.15, 0.2) is 0 Å². The molecule has 0 saturated heterocycles. The van der Waals surface area contributed by atoms with Gasteiger partial charge in [0.1, 0.15) is 0 Å². The lowest BCUT2D eigenvalue weighted by Crippen LogP contribution is -2.01. The summed E-state index contributed by atoms with van der Waals surface area (Å²) < 4.78 is 8.84. The Morgan fingerprint density at radius 2 is 0.800 bits per heavy atom. The van der Waals surface area contributed by atoms with Crippen molar-refractivity contribution in [3.05, 3.63) is 0 Å². The van der Waals surface area contributed by atoms with Crippen LogP contribution < -0.4 is 0 Å². The molecule has 0 aliphatic heterocycles. The SMILES string of the molecule is O=C(O)OCCCCCCCCCCCCOC(=O)O. The van der Waals surface area contributed by atoms with Crippen LogP contribution in [0.1, 0.15) is 64.2 Å². The Balaban J connectivity index is 2.99. The van der Waals surface area contributed by atoms with E-state index in [1.807, 2.05) is 0 Å². The van der Waals surface area contributed by atoms with Crippen LogP contribution in [0.2, 0.25) is 0 Å². The topological polar surface area (TPSA) is 93.1 Å². The molecular weight excluding hydrogens is 264 g/mol. The first-order valence-corrected chi connectivity index (χ1v) is 7.34. The van der Waals surface area contributed by atoms with Gasteiger partial charge in [0.2, 0.25) is 0 Å². The summed E-state index contributed by atoms with van der Waals surface area (Å²) in [7, 11) is 0. The average Bonchev–Trinajstić information content (AvgIpc) is 2.38. The van der Waals surface area contributed by atoms with Crippen molar-refractivity contribution < 1.29 is 29.3 Å². The smallest absolute Gasteiger partial charge is 0.450 e. The van der Waals surface area contributed by atoms with E-state index in [9.17, 15) is 9.59 Å². The Bertz CT molecular complexity index is 228. The first kappa shape index (κ1) is 18.5. The molecular formula is C14H26O6. The maximum atomic E-state index is 10.1. The Morgan fingerprint density at radius 1 is 0.550 bits per heavy atom. The molecule has 0 aromatic heterocycles. The first-order chi connectivity index (χ1) is 9.63. The maximum Gasteiger partial charge on any atom is 0.505 e. The molecule has 6 nitrogen and oxygen atoms in total. The second kappa shape index (κ2) is 14.0. The highest BCUT2D eigenvalue weighted by atomic mass is 16.7. The summed E-state index contributed by atoms with van der Waals surface area (Å²) in [5.74, 6) is 0. The fraction of sp³-hybridized carbons (Fsp3) is 0.857. The molecule has 0 unspecified atom stereocenters. The van der Waals surface area contributed by atoms with Crippen LogP contribution in [0, 0.1) is 0 Å². The molecule has 118 valence electrons. The highest BCUT2D eigenvalue weighted by Crippen LogP contribution is 2.10. The molecule has 0 rings (SSSR count). The van der Waals surface area contributed by atoms with E-state index in [1.54, 1.807) is 0 Å². The summed E-state index contributed by atoms with van der Waals surface area (Å²) >= 11 is 0. The summed E-state index contributed by atoms with van der Waals surface area (Å²) in [4.78, 5) is 20.1. The minimum atomic E-state index is -1.20. The van der Waals surface area contributed by atoms with Crippen molar-refractivity contribution in [2.24, 2.45) is 0 Å². The van der Waals surface area contributed by atoms with E-state index >= 15 is 0 Å². The second-order valence-corrected chi connectivity index (χ2v) is 4.76. The second-order valence-electron chi connectivity index (χ2n) is 4.76. The van der Waals surface area contributed by atoms with Gasteiger partial charge in [-0.1, -0.05) is 51.4 Å². The predicted molar refractivity (Wildman–Crippen MR) is 74.1 cm³/mol. The molecule has 0 fully saturated rings. The van der Waals surface area contributed by atoms with Gasteiger partial charge in [0, 0.05) is 0 Å². The van der Waals surface area contributed by atoms with Crippen molar-refractivity contribution in [2.45, 2.75) is 64.2 Å². The van der Waals surface area contributed by atoms with Gasteiger partial charge < -0.3 is 19.7 Å². The van der Waals surface area contributed by atoms with Crippen molar-refractivity contribution in [1.29, 1.82) is 0 Å². The van der Waals surface area contributed by atoms with Crippen LogP contribution in [0.5, 0.6) is 0 Å². The van der Waals surface area contributed by atoms with Gasteiger partial charge in [0.05, 0.1) is 13.2 Å². The Labute approximate surface area is 120 Å². The van der Waals surface area contributed by atoms with Crippen LogP contribution >= 0.6 is 0 Å². The van der Waals surface area contributed by atoms with E-state index in [4.69, 9.17) is 10.2 Å². The molecule has 0 amide bonds. The molecule has 0 spiro atoms. The third-order valence-electron chi connectivity index (χ3n) is 2.99. The monoisotopic (exact) mass is 290 g/mol. The van der Waals surface area contributed by atoms with E-state index in [-0.39, 0.29) is 0 Å². The van der Waals surface area contributed by atoms with Gasteiger partial charge in [-0.05, 0) is 12.8 Å². The number of carboxylic acid groups (broad SMARTS) is 2. The van der Waals surface area contributed by atoms with Gasteiger partial charge >= 0.3 is 12.3 Å². The Morgan fingerprint density at radius 3 is 1.05 bits per heavy atom. The van der Waals surface area contributed by atoms with E-state index in [0.29, 0.717) is 13.2 Å². The molecule has 0 radical (unpaired) electrons. The molecule has 0 aliphatic carbocycles. The standard InChI is InChI=1S/C14H26O6/c15-13(16)19-11-9-7-5-3-1-2-4-6-8-10-12-20-14(17)18/h1-12H2,(H,15,16)(H,17,18). The maximum absolute atomic E-state index is 10.1. The van der Waals surface area contributed by atoms with Crippen LogP contribution in [-0.2, 0) is 9.47 Å². The lowest BCUT2D eigenvalue weighted by molar-refractivity contribution is 0.0886. The number of carbonyl (C=O) groups is 2. The summed E-state index contributed by atoms with van der Waals surface area (Å²) in [6.07, 6.45) is 8.23. The van der Waals surface area contributed by atoms with Crippen molar-refractivity contribution in [2.75, 3.05) is 13.2 Å². The largest absolute Gasteiger partial charge is 0.505 e. The minimum Gasteiger partial charge on any atom is -0.450 e. The summed E-state index contributed by atoms with van der Waals surface area (Å²) in [5.41, 5.74) is 0. The van der Waals surface area contributed by atoms with Gasteiger partial charge in [-0.25, -0.2) is 9.59 Å². The lowest BCUT2D eigenvalue weighted by atomic mass is 10.1. The average molecular weight is 290 g/mol. The van der Waals surface area contributed by atoms with Gasteiger partial charge in [0.25, 0.3) is 0 Å². The zero-order valence-corrected chi connectivity index (χ0v) is 12.0. The molecule has 0 atom stereocenters. The van der Waals surface area contributed by atoms with Crippen molar-refractivity contribution in [1.82, 2.24) is 0 Å². The Kier molecular flexibility index (Phi) is 12.9. The highest BCUT2D eigenvalue weighted by molar-refractivity contribution is 5.56. The highest BCUT2D eigenvalue weighted by Gasteiger charge is 1.97. The fourth-order valence-corrected chi connectivity index (χ4v) is 1.94. The third kappa shape index (κ3) is 16.5. The number of rotatable bonds is 13. The van der Waals surface area contributed by atoms with Crippen LogP contribution in [0.4, 0.5) is 9.59 Å². The van der Waals surface area contributed by atoms with Crippen molar-refractivity contribution in [3.8, 4) is 0 Å². The zero-order chi connectivity index (χ0) is 15.1. The number of hydrogen-bond donors (Lipinski definition) is 2. The molecule has 0 heterocycles. The lowest BCUT2D eigenvalue weighted by Gasteiger charge is -2.03. The molecule has 20 heavy (non-hydrogen) atoms. The zero-order valence-electron chi connectivity index (χ0n) is 12.0. The molecule has 0 aliphatic rings. The molecule has 0 aromatic rings. The molecule has 6 heteroatoms. The van der Waals surface area contributed by atoms with E-state index in [2.05, 4.69) is 9.47 Å². The molecule has 0 bridgehead atoms. The van der Waals surface area contributed by atoms with E-state index in [0.717, 1.165) is 38.5 Å². The fourth-order valence-electron chi connectivity index (χ4n) is 1.94. The number of ether oxygens (including phenoxy) is 2. The molecule has 2 N–H and O–H groups in total. The summed E-state index contributed by atoms with van der Waals surface area (Å²) in [6, 6.07) is 0. The van der Waals surface area contributed by atoms with Gasteiger partial charge in [-0.3, -0.25) is 0 Å². The number of unbranched alkanes of at least 4 members (excludes halogenated alkanes) is 9. The number of hydrogen-bond acceptors (Lipinski definition) is 4. The minimum absolute atomic E-state index is 0.299. The normalized spacial score (nSPS) is 10.2. The third-order valence-corrected chi connectivity index (χ3v) is 2.99. The predicted octanol–water partition coefficient (Wildman–Crippen LogP) is 4.28.